The summed E-state index contributed by atoms with van der Waals surface area (Å²) in [5.41, 5.74) is 4.79. The highest BCUT2D eigenvalue weighted by atomic mass is 32.2. The monoisotopic (exact) mass is 382 g/mol. The number of hydrogen-bond acceptors (Lipinski definition) is 4. The molecule has 1 fully saturated rings. The molecular weight excluding hydrogens is 352 g/mol. The molecule has 1 aromatic carbocycles. The lowest BCUT2D eigenvalue weighted by molar-refractivity contribution is -0.143. The van der Waals surface area contributed by atoms with Gasteiger partial charge in [-0.25, -0.2) is 8.42 Å². The summed E-state index contributed by atoms with van der Waals surface area (Å²) in [6.07, 6.45) is 0.511. The molecule has 1 aliphatic rings. The van der Waals surface area contributed by atoms with Crippen LogP contribution in [0.4, 0.5) is 0 Å². The van der Waals surface area contributed by atoms with E-state index in [4.69, 9.17) is 0 Å². The van der Waals surface area contributed by atoms with Crippen LogP contribution >= 0.6 is 0 Å². The summed E-state index contributed by atoms with van der Waals surface area (Å²) < 4.78 is 28.1. The zero-order valence-electron chi connectivity index (χ0n) is 16.6. The molecule has 0 saturated carbocycles. The van der Waals surface area contributed by atoms with Crippen molar-refractivity contribution in [1.29, 1.82) is 0 Å². The molecule has 1 heterocycles. The highest BCUT2D eigenvalue weighted by Crippen LogP contribution is 2.32. The third-order valence-corrected chi connectivity index (χ3v) is 8.09. The third-order valence-electron chi connectivity index (χ3n) is 5.91. The fourth-order valence-corrected chi connectivity index (χ4v) is 5.81. The topological polar surface area (TPSA) is 77.9 Å². The molecule has 1 aliphatic heterocycles. The van der Waals surface area contributed by atoms with E-state index in [0.29, 0.717) is 37.5 Å². The number of carboxylic acid groups (broad SMARTS) is 1. The molecule has 0 spiro atoms. The van der Waals surface area contributed by atoms with E-state index >= 15 is 0 Å². The van der Waals surface area contributed by atoms with Gasteiger partial charge in [0.15, 0.2) is 0 Å². The zero-order valence-corrected chi connectivity index (χ0v) is 17.4. The van der Waals surface area contributed by atoms with Gasteiger partial charge in [-0.1, -0.05) is 6.92 Å². The molecule has 146 valence electrons. The van der Waals surface area contributed by atoms with Crippen molar-refractivity contribution in [3.63, 3.8) is 0 Å². The average molecular weight is 383 g/mol. The number of nitrogens with zero attached hydrogens (tertiary/aromatic N) is 2. The Bertz CT molecular complexity index is 780. The number of aliphatic carboxylic acids is 1. The number of carboxylic acids is 1. The fraction of sp³-hybridized carbons (Fsp3) is 0.632. The van der Waals surface area contributed by atoms with Crippen LogP contribution < -0.4 is 0 Å². The first kappa shape index (κ1) is 20.9. The van der Waals surface area contributed by atoms with Crippen molar-refractivity contribution in [3.05, 3.63) is 27.8 Å². The van der Waals surface area contributed by atoms with Crippen molar-refractivity contribution in [3.8, 4) is 0 Å². The van der Waals surface area contributed by atoms with Crippen molar-refractivity contribution in [2.45, 2.75) is 58.9 Å². The van der Waals surface area contributed by atoms with Gasteiger partial charge in [0.05, 0.1) is 4.90 Å². The van der Waals surface area contributed by atoms with Crippen LogP contribution in [0.2, 0.25) is 0 Å². The van der Waals surface area contributed by atoms with Crippen LogP contribution in [0.5, 0.6) is 0 Å². The summed E-state index contributed by atoms with van der Waals surface area (Å²) in [7, 11) is -3.60. The lowest BCUT2D eigenvalue weighted by atomic mass is 9.95. The number of piperazine rings is 1. The van der Waals surface area contributed by atoms with Crippen LogP contribution in [0.3, 0.4) is 0 Å². The molecular formula is C19H30N2O4S. The van der Waals surface area contributed by atoms with E-state index in [1.165, 1.54) is 4.31 Å². The number of hydrogen-bond donors (Lipinski definition) is 1. The first-order valence-corrected chi connectivity index (χ1v) is 10.5. The lowest BCUT2D eigenvalue weighted by Crippen LogP contribution is -2.53. The van der Waals surface area contributed by atoms with E-state index < -0.39 is 22.0 Å². The largest absolute Gasteiger partial charge is 0.480 e. The second kappa shape index (κ2) is 7.66. The maximum atomic E-state index is 13.3. The molecule has 26 heavy (non-hydrogen) atoms. The van der Waals surface area contributed by atoms with Gasteiger partial charge in [0.1, 0.15) is 6.04 Å². The second-order valence-electron chi connectivity index (χ2n) is 7.16. The molecule has 0 amide bonds. The van der Waals surface area contributed by atoms with Crippen LogP contribution in [0.25, 0.3) is 0 Å². The molecule has 0 aliphatic carbocycles. The summed E-state index contributed by atoms with van der Waals surface area (Å²) in [6.45, 7) is 13.0. The van der Waals surface area contributed by atoms with Gasteiger partial charge in [-0.2, -0.15) is 4.31 Å². The van der Waals surface area contributed by atoms with E-state index in [9.17, 15) is 18.3 Å². The molecule has 0 bridgehead atoms. The molecule has 6 nitrogen and oxygen atoms in total. The Balaban J connectivity index is 2.33. The van der Waals surface area contributed by atoms with Crippen molar-refractivity contribution >= 4 is 16.0 Å². The van der Waals surface area contributed by atoms with Crippen LogP contribution in [-0.2, 0) is 14.8 Å². The van der Waals surface area contributed by atoms with Gasteiger partial charge in [0, 0.05) is 26.2 Å². The van der Waals surface area contributed by atoms with Gasteiger partial charge in [-0.05, 0) is 68.9 Å². The minimum absolute atomic E-state index is 0.316. The smallest absolute Gasteiger partial charge is 0.320 e. The molecule has 7 heteroatoms. The van der Waals surface area contributed by atoms with Crippen molar-refractivity contribution in [2.24, 2.45) is 0 Å². The molecule has 1 unspecified atom stereocenters. The van der Waals surface area contributed by atoms with Gasteiger partial charge in [-0.3, -0.25) is 9.69 Å². The Morgan fingerprint density at radius 3 is 1.73 bits per heavy atom. The van der Waals surface area contributed by atoms with Crippen LogP contribution in [-0.4, -0.2) is 60.9 Å². The zero-order chi connectivity index (χ0) is 19.8. The van der Waals surface area contributed by atoms with Crippen LogP contribution in [0.15, 0.2) is 4.90 Å². The average Bonchev–Trinajstić information content (AvgIpc) is 2.59. The van der Waals surface area contributed by atoms with Gasteiger partial charge < -0.3 is 5.11 Å². The summed E-state index contributed by atoms with van der Waals surface area (Å²) in [5.74, 6) is -0.847. The Hall–Kier alpha value is -1.44. The Morgan fingerprint density at radius 1 is 0.923 bits per heavy atom. The summed E-state index contributed by atoms with van der Waals surface area (Å²) >= 11 is 0. The Labute approximate surface area is 156 Å². The molecule has 2 rings (SSSR count). The van der Waals surface area contributed by atoms with Crippen LogP contribution in [0, 0.1) is 34.6 Å². The van der Waals surface area contributed by atoms with Gasteiger partial charge >= 0.3 is 5.97 Å². The van der Waals surface area contributed by atoms with Crippen LogP contribution in [0.1, 0.15) is 41.2 Å². The van der Waals surface area contributed by atoms with Crippen molar-refractivity contribution in [2.75, 3.05) is 26.2 Å². The molecule has 1 saturated heterocycles. The number of benzene rings is 1. The predicted molar refractivity (Wildman–Crippen MR) is 102 cm³/mol. The molecule has 0 aromatic heterocycles. The quantitative estimate of drug-likeness (QED) is 0.846. The Morgan fingerprint density at radius 2 is 1.35 bits per heavy atom. The lowest BCUT2D eigenvalue weighted by Gasteiger charge is -2.37. The van der Waals surface area contributed by atoms with Gasteiger partial charge in [0.25, 0.3) is 0 Å². The van der Waals surface area contributed by atoms with Gasteiger partial charge in [-0.15, -0.1) is 0 Å². The standard InChI is InChI=1S/C19H30N2O4S/c1-7-17(19(22)23)20-8-10-21(11-9-20)26(24,25)18-15(5)13(3)12(2)14(4)16(18)6/h17H,7-11H2,1-6H3,(H,22,23). The van der Waals surface area contributed by atoms with E-state index in [-0.39, 0.29) is 0 Å². The normalized spacial score (nSPS) is 18.1. The van der Waals surface area contributed by atoms with E-state index in [2.05, 4.69) is 0 Å². The van der Waals surface area contributed by atoms with E-state index in [1.54, 1.807) is 0 Å². The van der Waals surface area contributed by atoms with Crippen molar-refractivity contribution < 1.29 is 18.3 Å². The minimum atomic E-state index is -3.60. The van der Waals surface area contributed by atoms with Gasteiger partial charge in [0.2, 0.25) is 10.0 Å². The first-order valence-electron chi connectivity index (χ1n) is 9.07. The highest BCUT2D eigenvalue weighted by molar-refractivity contribution is 7.89. The number of rotatable bonds is 5. The summed E-state index contributed by atoms with van der Waals surface area (Å²) in [4.78, 5) is 13.6. The summed E-state index contributed by atoms with van der Waals surface area (Å²) in [6, 6.07) is -0.549. The number of carbonyl (C=O) groups is 1. The molecule has 0 radical (unpaired) electrons. The SMILES string of the molecule is CCC(C(=O)O)N1CCN(S(=O)(=O)c2c(C)c(C)c(C)c(C)c2C)CC1. The maximum Gasteiger partial charge on any atom is 0.320 e. The Kier molecular flexibility index (Phi) is 6.15. The predicted octanol–water partition coefficient (Wildman–Crippen LogP) is 2.40. The van der Waals surface area contributed by atoms with Crippen molar-refractivity contribution in [1.82, 2.24) is 9.21 Å². The van der Waals surface area contributed by atoms with E-state index in [1.807, 2.05) is 46.4 Å². The second-order valence-corrected chi connectivity index (χ2v) is 9.03. The maximum absolute atomic E-state index is 13.3. The highest BCUT2D eigenvalue weighted by Gasteiger charge is 2.35. The van der Waals surface area contributed by atoms with E-state index in [0.717, 1.165) is 27.8 Å². The molecule has 1 N–H and O–H groups in total. The third kappa shape index (κ3) is 3.52. The fourth-order valence-electron chi connectivity index (χ4n) is 3.83. The first-order chi connectivity index (χ1) is 12.0. The number of sulfonamides is 1. The molecule has 1 atom stereocenters. The summed E-state index contributed by atoms with van der Waals surface area (Å²) in [5, 5.41) is 9.32. The molecule has 1 aromatic rings. The minimum Gasteiger partial charge on any atom is -0.480 e.